The maximum atomic E-state index is 13.0. The van der Waals surface area contributed by atoms with Crippen LogP contribution in [0.2, 0.25) is 5.02 Å². The molecule has 0 fully saturated rings. The van der Waals surface area contributed by atoms with E-state index in [4.69, 9.17) is 11.6 Å². The van der Waals surface area contributed by atoms with E-state index >= 15 is 0 Å². The van der Waals surface area contributed by atoms with Crippen molar-refractivity contribution in [1.29, 1.82) is 0 Å². The van der Waals surface area contributed by atoms with E-state index < -0.39 is 23.6 Å². The first-order chi connectivity index (χ1) is 13.2. The fourth-order valence-electron chi connectivity index (χ4n) is 2.92. The molecule has 3 rings (SSSR count). The lowest BCUT2D eigenvalue weighted by molar-refractivity contribution is -0.138. The molecule has 4 nitrogen and oxygen atoms in total. The topological polar surface area (TPSA) is 49.4 Å². The van der Waals surface area contributed by atoms with Gasteiger partial charge >= 0.3 is 6.18 Å². The van der Waals surface area contributed by atoms with Crippen LogP contribution in [0.15, 0.2) is 54.2 Å². The van der Waals surface area contributed by atoms with Gasteiger partial charge in [0.15, 0.2) is 0 Å². The van der Waals surface area contributed by atoms with Crippen molar-refractivity contribution in [3.63, 3.8) is 0 Å². The van der Waals surface area contributed by atoms with Crippen molar-refractivity contribution in [1.82, 2.24) is 4.90 Å². The van der Waals surface area contributed by atoms with Crippen molar-refractivity contribution in [2.75, 3.05) is 11.9 Å². The molecule has 0 bridgehead atoms. The third-order valence-corrected chi connectivity index (χ3v) is 4.46. The zero-order chi connectivity index (χ0) is 20.5. The highest BCUT2D eigenvalue weighted by Crippen LogP contribution is 2.34. The number of nitrogens with zero attached hydrogens (tertiary/aromatic N) is 1. The Hall–Kier alpha value is -2.80. The Morgan fingerprint density at radius 2 is 1.71 bits per heavy atom. The Balaban J connectivity index is 2.06. The number of carbonyl (C=O) groups excluding carboxylic acids is 2. The molecule has 0 unspecified atom stereocenters. The molecule has 1 aliphatic heterocycles. The maximum Gasteiger partial charge on any atom is 0.416 e. The van der Waals surface area contributed by atoms with Gasteiger partial charge < -0.3 is 5.32 Å². The summed E-state index contributed by atoms with van der Waals surface area (Å²) in [6.07, 6.45) is -3.96. The van der Waals surface area contributed by atoms with E-state index in [1.165, 1.54) is 12.1 Å². The van der Waals surface area contributed by atoms with E-state index in [0.717, 1.165) is 17.0 Å². The molecule has 0 aromatic heterocycles. The molecule has 1 N–H and O–H groups in total. The van der Waals surface area contributed by atoms with E-state index in [-0.39, 0.29) is 23.5 Å². The van der Waals surface area contributed by atoms with Crippen LogP contribution in [0.1, 0.15) is 24.5 Å². The standard InChI is InChI=1S/C20H16ClF3N2O2/c1-2-10-26-18(27)16(12-6-8-14(21)9-7-12)17(19(26)28)25-15-5-3-4-13(11-15)20(22,23)24/h3-9,11,25H,2,10H2,1H3. The number of benzene rings is 2. The summed E-state index contributed by atoms with van der Waals surface area (Å²) >= 11 is 5.89. The zero-order valence-corrected chi connectivity index (χ0v) is 15.6. The summed E-state index contributed by atoms with van der Waals surface area (Å²) in [6, 6.07) is 10.8. The SMILES string of the molecule is CCCN1C(=O)C(Nc2cccc(C(F)(F)F)c2)=C(c2ccc(Cl)cc2)C1=O. The average Bonchev–Trinajstić information content (AvgIpc) is 2.87. The summed E-state index contributed by atoms with van der Waals surface area (Å²) in [5.41, 5.74) is -0.285. The average molecular weight is 409 g/mol. The highest BCUT2D eigenvalue weighted by molar-refractivity contribution is 6.36. The van der Waals surface area contributed by atoms with Crippen LogP contribution in [0.4, 0.5) is 18.9 Å². The predicted octanol–water partition coefficient (Wildman–Crippen LogP) is 4.96. The van der Waals surface area contributed by atoms with Gasteiger partial charge in [-0.2, -0.15) is 13.2 Å². The smallest absolute Gasteiger partial charge is 0.350 e. The molecular weight excluding hydrogens is 393 g/mol. The van der Waals surface area contributed by atoms with Crippen molar-refractivity contribution in [3.8, 4) is 0 Å². The molecule has 0 saturated carbocycles. The van der Waals surface area contributed by atoms with Gasteiger partial charge in [0.1, 0.15) is 5.70 Å². The van der Waals surface area contributed by atoms with Crippen molar-refractivity contribution in [3.05, 3.63) is 70.4 Å². The third kappa shape index (κ3) is 3.89. The van der Waals surface area contributed by atoms with Crippen molar-refractivity contribution >= 4 is 34.7 Å². The van der Waals surface area contributed by atoms with Gasteiger partial charge in [0, 0.05) is 17.3 Å². The summed E-state index contributed by atoms with van der Waals surface area (Å²) in [6.45, 7) is 2.03. The monoisotopic (exact) mass is 408 g/mol. The van der Waals surface area contributed by atoms with Gasteiger partial charge in [-0.3, -0.25) is 14.5 Å². The van der Waals surface area contributed by atoms with Gasteiger partial charge in [0.2, 0.25) is 0 Å². The number of hydrogen-bond donors (Lipinski definition) is 1. The minimum atomic E-state index is -4.52. The van der Waals surface area contributed by atoms with E-state index in [0.29, 0.717) is 17.0 Å². The summed E-state index contributed by atoms with van der Waals surface area (Å²) in [5.74, 6) is -1.07. The van der Waals surface area contributed by atoms with Crippen LogP contribution in [0.3, 0.4) is 0 Å². The molecule has 0 atom stereocenters. The Labute approximate surface area is 164 Å². The second-order valence-electron chi connectivity index (χ2n) is 6.22. The molecule has 146 valence electrons. The lowest BCUT2D eigenvalue weighted by atomic mass is 10.0. The first-order valence-electron chi connectivity index (χ1n) is 8.53. The maximum absolute atomic E-state index is 13.0. The molecule has 0 aliphatic carbocycles. The number of halogens is 4. The normalized spacial score (nSPS) is 14.8. The highest BCUT2D eigenvalue weighted by Gasteiger charge is 2.39. The third-order valence-electron chi connectivity index (χ3n) is 4.21. The first kappa shape index (κ1) is 19.9. The zero-order valence-electron chi connectivity index (χ0n) is 14.8. The van der Waals surface area contributed by atoms with Crippen molar-refractivity contribution < 1.29 is 22.8 Å². The molecule has 2 aromatic carbocycles. The molecule has 2 amide bonds. The Morgan fingerprint density at radius 3 is 2.32 bits per heavy atom. The predicted molar refractivity (Wildman–Crippen MR) is 100 cm³/mol. The van der Waals surface area contributed by atoms with E-state index in [1.54, 1.807) is 24.3 Å². The minimum Gasteiger partial charge on any atom is -0.350 e. The van der Waals surface area contributed by atoms with E-state index in [1.807, 2.05) is 6.92 Å². The van der Waals surface area contributed by atoms with Crippen LogP contribution in [0.25, 0.3) is 5.57 Å². The van der Waals surface area contributed by atoms with Crippen LogP contribution >= 0.6 is 11.6 Å². The molecule has 0 saturated heterocycles. The number of nitrogens with one attached hydrogen (secondary N) is 1. The number of amides is 2. The molecular formula is C20H16ClF3N2O2. The second-order valence-corrected chi connectivity index (χ2v) is 6.66. The summed E-state index contributed by atoms with van der Waals surface area (Å²) in [5, 5.41) is 3.18. The number of carbonyl (C=O) groups is 2. The van der Waals surface area contributed by atoms with E-state index in [2.05, 4.69) is 5.32 Å². The fourth-order valence-corrected chi connectivity index (χ4v) is 3.05. The Bertz CT molecular complexity index is 953. The van der Waals surface area contributed by atoms with E-state index in [9.17, 15) is 22.8 Å². The van der Waals surface area contributed by atoms with Crippen molar-refractivity contribution in [2.24, 2.45) is 0 Å². The van der Waals surface area contributed by atoms with Gasteiger partial charge in [-0.05, 0) is 42.3 Å². The fraction of sp³-hybridized carbons (Fsp3) is 0.200. The second kappa shape index (κ2) is 7.67. The van der Waals surface area contributed by atoms with Crippen LogP contribution in [-0.2, 0) is 15.8 Å². The Morgan fingerprint density at radius 1 is 1.04 bits per heavy atom. The van der Waals surface area contributed by atoms with Crippen LogP contribution in [-0.4, -0.2) is 23.3 Å². The number of imide groups is 1. The highest BCUT2D eigenvalue weighted by atomic mass is 35.5. The lowest BCUT2D eigenvalue weighted by Crippen LogP contribution is -2.33. The number of rotatable bonds is 5. The first-order valence-corrected chi connectivity index (χ1v) is 8.91. The largest absolute Gasteiger partial charge is 0.416 e. The van der Waals surface area contributed by atoms with Gasteiger partial charge in [0.25, 0.3) is 11.8 Å². The van der Waals surface area contributed by atoms with Crippen LogP contribution in [0, 0.1) is 0 Å². The molecule has 1 aliphatic rings. The van der Waals surface area contributed by atoms with Crippen LogP contribution in [0.5, 0.6) is 0 Å². The van der Waals surface area contributed by atoms with Gasteiger partial charge in [-0.25, -0.2) is 0 Å². The molecule has 8 heteroatoms. The number of alkyl halides is 3. The summed E-state index contributed by atoms with van der Waals surface area (Å²) in [4.78, 5) is 26.7. The Kier molecular flexibility index (Phi) is 5.47. The lowest BCUT2D eigenvalue weighted by Gasteiger charge is -2.14. The summed E-state index contributed by atoms with van der Waals surface area (Å²) < 4.78 is 38.9. The van der Waals surface area contributed by atoms with Crippen molar-refractivity contribution in [2.45, 2.75) is 19.5 Å². The van der Waals surface area contributed by atoms with Gasteiger partial charge in [-0.15, -0.1) is 0 Å². The minimum absolute atomic E-state index is 0.0555. The molecule has 0 radical (unpaired) electrons. The number of anilines is 1. The number of hydrogen-bond acceptors (Lipinski definition) is 3. The summed E-state index contributed by atoms with van der Waals surface area (Å²) in [7, 11) is 0. The van der Waals surface area contributed by atoms with Gasteiger partial charge in [-0.1, -0.05) is 36.7 Å². The molecule has 1 heterocycles. The quantitative estimate of drug-likeness (QED) is 0.711. The molecule has 2 aromatic rings. The van der Waals surface area contributed by atoms with Crippen LogP contribution < -0.4 is 5.32 Å². The molecule has 28 heavy (non-hydrogen) atoms. The van der Waals surface area contributed by atoms with Gasteiger partial charge in [0.05, 0.1) is 11.1 Å². The molecule has 0 spiro atoms.